The zero-order chi connectivity index (χ0) is 18.3. The fourth-order valence-corrected chi connectivity index (χ4v) is 1.01. The van der Waals surface area contributed by atoms with Gasteiger partial charge in [-0.25, -0.2) is 0 Å². The Morgan fingerprint density at radius 3 is 2.30 bits per heavy atom. The zero-order valence-corrected chi connectivity index (χ0v) is 12.8. The highest BCUT2D eigenvalue weighted by atomic mass is 16.6. The van der Waals surface area contributed by atoms with Gasteiger partial charge in [-0.2, -0.15) is 0 Å². The Bertz CT molecular complexity index is 575. The van der Waals surface area contributed by atoms with Crippen molar-refractivity contribution in [1.82, 2.24) is 4.98 Å². The fraction of sp³-hybridized carbons (Fsp3) is 0.143. The molecule has 23 heavy (non-hydrogen) atoms. The highest BCUT2D eigenvalue weighted by Gasteiger charge is 2.05. The first kappa shape index (κ1) is 21.9. The summed E-state index contributed by atoms with van der Waals surface area (Å²) in [5.41, 5.74) is 14.8. The summed E-state index contributed by atoms with van der Waals surface area (Å²) < 4.78 is 0. The SMILES string of the molecule is C=CCC.N/C=C(\C=C\c1c[nH]c(C(N)=O)c1)[N+](=O)[O-].NC=O. The number of nitrogens with two attached hydrogens (primary N) is 3. The van der Waals surface area contributed by atoms with Gasteiger partial charge in [0.2, 0.25) is 6.41 Å². The van der Waals surface area contributed by atoms with E-state index in [1.54, 1.807) is 0 Å². The van der Waals surface area contributed by atoms with Gasteiger partial charge < -0.3 is 22.2 Å². The molecule has 0 unspecified atom stereocenters. The van der Waals surface area contributed by atoms with Crippen LogP contribution in [0.15, 0.2) is 42.9 Å². The number of carbonyl (C=O) groups excluding carboxylic acids is 2. The number of aromatic nitrogens is 1. The number of carbonyl (C=O) groups is 2. The average Bonchev–Trinajstić information content (AvgIpc) is 2.98. The molecule has 0 aromatic carbocycles. The predicted molar refractivity (Wildman–Crippen MR) is 88.3 cm³/mol. The number of hydrogen-bond acceptors (Lipinski definition) is 5. The second-order valence-corrected chi connectivity index (χ2v) is 3.73. The summed E-state index contributed by atoms with van der Waals surface area (Å²) >= 11 is 0. The van der Waals surface area contributed by atoms with Gasteiger partial charge in [0.25, 0.3) is 11.6 Å². The van der Waals surface area contributed by atoms with E-state index in [0.29, 0.717) is 5.56 Å². The minimum absolute atomic E-state index is 0.234. The molecule has 0 saturated heterocycles. The van der Waals surface area contributed by atoms with Gasteiger partial charge in [-0.1, -0.05) is 13.0 Å². The van der Waals surface area contributed by atoms with E-state index in [0.717, 1.165) is 12.6 Å². The molecule has 0 aliphatic rings. The standard InChI is InChI=1S/C9H10N4O3.C4H8.CH3NO/c10-4-7(13(15)16)2-1-6-3-8(9(11)14)12-5-6;1-3-4-2;2-1-3/h1-5,12H,10H2,(H2,11,14);3H,1,4H2,2H3;1H,(H2,2,3)/b2-1+,7-4+;;. The van der Waals surface area contributed by atoms with Crippen molar-refractivity contribution >= 4 is 18.4 Å². The first-order chi connectivity index (χ1) is 10.9. The Morgan fingerprint density at radius 2 is 2.00 bits per heavy atom. The lowest BCUT2D eigenvalue weighted by Crippen LogP contribution is -2.10. The number of nitrogens with zero attached hydrogens (tertiary/aromatic N) is 1. The van der Waals surface area contributed by atoms with Gasteiger partial charge in [0.05, 0.1) is 11.1 Å². The maximum absolute atomic E-state index is 10.7. The van der Waals surface area contributed by atoms with Gasteiger partial charge >= 0.3 is 0 Å². The molecule has 1 heterocycles. The number of aromatic amines is 1. The Morgan fingerprint density at radius 1 is 1.48 bits per heavy atom. The second-order valence-electron chi connectivity index (χ2n) is 3.73. The van der Waals surface area contributed by atoms with Crippen LogP contribution in [0.2, 0.25) is 0 Å². The fourth-order valence-electron chi connectivity index (χ4n) is 1.01. The summed E-state index contributed by atoms with van der Waals surface area (Å²) in [5, 5.41) is 10.4. The molecule has 1 aromatic heterocycles. The lowest BCUT2D eigenvalue weighted by molar-refractivity contribution is -0.419. The summed E-state index contributed by atoms with van der Waals surface area (Å²) in [7, 11) is 0. The van der Waals surface area contributed by atoms with Crippen molar-refractivity contribution in [3.63, 3.8) is 0 Å². The van der Waals surface area contributed by atoms with Gasteiger partial charge in [0.15, 0.2) is 0 Å². The van der Waals surface area contributed by atoms with Crippen molar-refractivity contribution in [3.05, 3.63) is 64.3 Å². The van der Waals surface area contributed by atoms with E-state index in [2.05, 4.69) is 24.2 Å². The van der Waals surface area contributed by atoms with Crippen molar-refractivity contribution in [2.24, 2.45) is 17.2 Å². The molecule has 1 aromatic rings. The van der Waals surface area contributed by atoms with Gasteiger partial charge in [0.1, 0.15) is 5.69 Å². The Balaban J connectivity index is 0. The van der Waals surface area contributed by atoms with Crippen molar-refractivity contribution in [2.45, 2.75) is 13.3 Å². The highest BCUT2D eigenvalue weighted by Crippen LogP contribution is 2.07. The van der Waals surface area contributed by atoms with E-state index in [1.807, 2.05) is 6.08 Å². The molecule has 0 atom stereocenters. The third-order valence-electron chi connectivity index (χ3n) is 2.09. The summed E-state index contributed by atoms with van der Waals surface area (Å²) in [4.78, 5) is 31.7. The molecular weight excluding hydrogens is 302 g/mol. The molecule has 1 rings (SSSR count). The maximum atomic E-state index is 10.7. The van der Waals surface area contributed by atoms with Crippen LogP contribution in [0, 0.1) is 10.1 Å². The number of nitrogens with one attached hydrogen (secondary N) is 1. The predicted octanol–water partition coefficient (Wildman–Crippen LogP) is 0.888. The number of primary amides is 2. The van der Waals surface area contributed by atoms with Crippen LogP contribution in [0.25, 0.3) is 6.08 Å². The van der Waals surface area contributed by atoms with Gasteiger partial charge in [0, 0.05) is 12.3 Å². The summed E-state index contributed by atoms with van der Waals surface area (Å²) in [6.45, 7) is 5.54. The van der Waals surface area contributed by atoms with E-state index in [4.69, 9.17) is 16.3 Å². The normalized spacial score (nSPS) is 9.87. The van der Waals surface area contributed by atoms with Gasteiger partial charge in [-0.15, -0.1) is 6.58 Å². The minimum atomic E-state index is -0.613. The summed E-state index contributed by atoms with van der Waals surface area (Å²) in [6, 6.07) is 1.48. The van der Waals surface area contributed by atoms with Crippen LogP contribution in [0.5, 0.6) is 0 Å². The minimum Gasteiger partial charge on any atom is -0.399 e. The molecule has 9 heteroatoms. The molecule has 0 aliphatic heterocycles. The first-order valence-corrected chi connectivity index (χ1v) is 6.36. The van der Waals surface area contributed by atoms with E-state index in [1.165, 1.54) is 24.4 Å². The van der Waals surface area contributed by atoms with Gasteiger partial charge in [-0.3, -0.25) is 19.7 Å². The third-order valence-corrected chi connectivity index (χ3v) is 2.09. The number of amides is 2. The number of hydrogen-bond donors (Lipinski definition) is 4. The molecule has 2 amide bonds. The summed E-state index contributed by atoms with van der Waals surface area (Å²) in [5.74, 6) is -0.594. The lowest BCUT2D eigenvalue weighted by Gasteiger charge is -1.88. The number of nitro groups is 1. The van der Waals surface area contributed by atoms with Crippen LogP contribution >= 0.6 is 0 Å². The molecule has 0 aliphatic carbocycles. The Labute approximate surface area is 133 Å². The van der Waals surface area contributed by atoms with Crippen molar-refractivity contribution in [1.29, 1.82) is 0 Å². The molecule has 0 spiro atoms. The highest BCUT2D eigenvalue weighted by molar-refractivity contribution is 5.91. The Kier molecular flexibility index (Phi) is 13.0. The molecule has 7 N–H and O–H groups in total. The molecular formula is C14H21N5O4. The van der Waals surface area contributed by atoms with Crippen LogP contribution in [0.1, 0.15) is 29.4 Å². The number of allylic oxidation sites excluding steroid dienone is 2. The topological polar surface area (TPSA) is 171 Å². The smallest absolute Gasteiger partial charge is 0.284 e. The Hall–Kier alpha value is -3.36. The zero-order valence-electron chi connectivity index (χ0n) is 12.8. The van der Waals surface area contributed by atoms with E-state index >= 15 is 0 Å². The van der Waals surface area contributed by atoms with Crippen LogP contribution in [-0.4, -0.2) is 22.2 Å². The first-order valence-electron chi connectivity index (χ1n) is 6.36. The van der Waals surface area contributed by atoms with E-state index in [9.17, 15) is 14.9 Å². The molecule has 0 saturated carbocycles. The molecule has 0 bridgehead atoms. The second kappa shape index (κ2) is 13.6. The van der Waals surface area contributed by atoms with Crippen molar-refractivity contribution in [2.75, 3.05) is 0 Å². The lowest BCUT2D eigenvalue weighted by atomic mass is 10.2. The molecule has 9 nitrogen and oxygen atoms in total. The molecule has 126 valence electrons. The third kappa shape index (κ3) is 11.0. The maximum Gasteiger partial charge on any atom is 0.284 e. The monoisotopic (exact) mass is 323 g/mol. The van der Waals surface area contributed by atoms with Crippen LogP contribution < -0.4 is 17.2 Å². The van der Waals surface area contributed by atoms with Crippen LogP contribution in [0.3, 0.4) is 0 Å². The molecule has 0 fully saturated rings. The van der Waals surface area contributed by atoms with E-state index < -0.39 is 10.8 Å². The van der Waals surface area contributed by atoms with Crippen molar-refractivity contribution in [3.8, 4) is 0 Å². The average molecular weight is 323 g/mol. The summed E-state index contributed by atoms with van der Waals surface area (Å²) in [6.07, 6.45) is 8.28. The quantitative estimate of drug-likeness (QED) is 0.207. The van der Waals surface area contributed by atoms with Gasteiger partial charge in [-0.05, 0) is 24.1 Å². The van der Waals surface area contributed by atoms with Crippen LogP contribution in [-0.2, 0) is 4.79 Å². The number of rotatable bonds is 5. The van der Waals surface area contributed by atoms with E-state index in [-0.39, 0.29) is 17.8 Å². The van der Waals surface area contributed by atoms with Crippen molar-refractivity contribution < 1.29 is 14.5 Å². The number of H-pyrrole nitrogens is 1. The largest absolute Gasteiger partial charge is 0.399 e. The molecule has 0 radical (unpaired) electrons. The van der Waals surface area contributed by atoms with Crippen LogP contribution in [0.4, 0.5) is 0 Å².